The van der Waals surface area contributed by atoms with E-state index in [1.54, 1.807) is 4.90 Å². The number of carbonyl (C=O) groups excluding carboxylic acids is 1. The molecule has 0 saturated carbocycles. The second-order valence-corrected chi connectivity index (χ2v) is 6.66. The number of fused-ring (bicyclic) bond motifs is 1. The van der Waals surface area contributed by atoms with Crippen LogP contribution in [0.2, 0.25) is 0 Å². The lowest BCUT2D eigenvalue weighted by Gasteiger charge is -2.25. The minimum Gasteiger partial charge on any atom is -0.481 e. The number of carbonyl (C=O) groups is 2. The van der Waals surface area contributed by atoms with Gasteiger partial charge in [0.05, 0.1) is 18.9 Å². The number of H-pyrrole nitrogens is 1. The maximum absolute atomic E-state index is 12.8. The van der Waals surface area contributed by atoms with Crippen LogP contribution in [0.25, 0.3) is 10.9 Å². The van der Waals surface area contributed by atoms with E-state index in [2.05, 4.69) is 11.1 Å². The molecule has 1 aliphatic heterocycles. The van der Waals surface area contributed by atoms with Gasteiger partial charge in [0.2, 0.25) is 5.91 Å². The molecule has 2 aromatic rings. The summed E-state index contributed by atoms with van der Waals surface area (Å²) >= 11 is 0. The van der Waals surface area contributed by atoms with Crippen LogP contribution >= 0.6 is 0 Å². The average molecular weight is 344 g/mol. The van der Waals surface area contributed by atoms with Crippen molar-refractivity contribution in [1.82, 2.24) is 9.88 Å². The molecule has 6 heteroatoms. The molecule has 1 fully saturated rings. The minimum absolute atomic E-state index is 0.0170. The average Bonchev–Trinajstić information content (AvgIpc) is 3.21. The van der Waals surface area contributed by atoms with Gasteiger partial charge in [-0.1, -0.05) is 12.1 Å². The highest BCUT2D eigenvalue weighted by atomic mass is 16.5. The fourth-order valence-electron chi connectivity index (χ4n) is 3.30. The van der Waals surface area contributed by atoms with Crippen LogP contribution in [0.3, 0.4) is 0 Å². The molecule has 0 spiro atoms. The van der Waals surface area contributed by atoms with Crippen LogP contribution in [-0.4, -0.2) is 52.7 Å². The van der Waals surface area contributed by atoms with Crippen molar-refractivity contribution in [2.75, 3.05) is 19.7 Å². The summed E-state index contributed by atoms with van der Waals surface area (Å²) in [7, 11) is 0. The highest BCUT2D eigenvalue weighted by Gasteiger charge is 2.23. The first-order valence-electron chi connectivity index (χ1n) is 8.70. The summed E-state index contributed by atoms with van der Waals surface area (Å²) in [6.45, 7) is 3.43. The summed E-state index contributed by atoms with van der Waals surface area (Å²) in [5.74, 6) is -0.953. The van der Waals surface area contributed by atoms with Gasteiger partial charge in [-0.3, -0.25) is 9.59 Å². The van der Waals surface area contributed by atoms with Crippen molar-refractivity contribution in [3.63, 3.8) is 0 Å². The van der Waals surface area contributed by atoms with Crippen molar-refractivity contribution in [2.24, 2.45) is 0 Å². The number of ether oxygens (including phenoxy) is 1. The van der Waals surface area contributed by atoms with Crippen molar-refractivity contribution in [2.45, 2.75) is 38.7 Å². The van der Waals surface area contributed by atoms with E-state index in [4.69, 9.17) is 9.84 Å². The third-order valence-electron chi connectivity index (χ3n) is 4.66. The van der Waals surface area contributed by atoms with E-state index in [1.807, 2.05) is 25.3 Å². The molecule has 3 rings (SSSR count). The molecule has 1 unspecified atom stereocenters. The first-order valence-corrected chi connectivity index (χ1v) is 8.70. The van der Waals surface area contributed by atoms with Gasteiger partial charge < -0.3 is 19.7 Å². The molecule has 2 N–H and O–H groups in total. The zero-order chi connectivity index (χ0) is 17.8. The van der Waals surface area contributed by atoms with Gasteiger partial charge in [0.25, 0.3) is 0 Å². The van der Waals surface area contributed by atoms with Gasteiger partial charge in [-0.05, 0) is 37.0 Å². The number of amides is 1. The molecule has 1 aromatic heterocycles. The highest BCUT2D eigenvalue weighted by molar-refractivity contribution is 5.89. The van der Waals surface area contributed by atoms with E-state index in [9.17, 15) is 9.59 Å². The molecule has 134 valence electrons. The van der Waals surface area contributed by atoms with E-state index in [1.165, 1.54) is 0 Å². The third-order valence-corrected chi connectivity index (χ3v) is 4.66. The van der Waals surface area contributed by atoms with Crippen LogP contribution in [0.5, 0.6) is 0 Å². The predicted molar refractivity (Wildman–Crippen MR) is 94.5 cm³/mol. The quantitative estimate of drug-likeness (QED) is 0.808. The maximum atomic E-state index is 12.8. The summed E-state index contributed by atoms with van der Waals surface area (Å²) in [6.07, 6.45) is 4.00. The van der Waals surface area contributed by atoms with Crippen LogP contribution in [-0.2, 0) is 20.7 Å². The number of nitrogens with one attached hydrogen (secondary N) is 1. The Labute approximate surface area is 146 Å². The monoisotopic (exact) mass is 344 g/mol. The van der Waals surface area contributed by atoms with Crippen LogP contribution in [0.15, 0.2) is 24.4 Å². The lowest BCUT2D eigenvalue weighted by Crippen LogP contribution is -2.39. The SMILES string of the molecule is Cc1ccc2c(CC(=O)N(CCC(=O)O)CC3CCCO3)c[nH]c2c1. The smallest absolute Gasteiger partial charge is 0.305 e. The fraction of sp³-hybridized carbons (Fsp3) is 0.474. The molecule has 1 aliphatic rings. The van der Waals surface area contributed by atoms with Crippen molar-refractivity contribution in [3.05, 3.63) is 35.5 Å². The second-order valence-electron chi connectivity index (χ2n) is 6.66. The second kappa shape index (κ2) is 7.70. The first kappa shape index (κ1) is 17.5. The zero-order valence-corrected chi connectivity index (χ0v) is 14.5. The lowest BCUT2D eigenvalue weighted by atomic mass is 10.1. The summed E-state index contributed by atoms with van der Waals surface area (Å²) < 4.78 is 5.61. The number of benzene rings is 1. The molecule has 0 radical (unpaired) electrons. The molecule has 0 bridgehead atoms. The normalized spacial score (nSPS) is 17.1. The van der Waals surface area contributed by atoms with E-state index in [0.29, 0.717) is 13.2 Å². The predicted octanol–water partition coefficient (Wildman–Crippen LogP) is 2.50. The number of hydrogen-bond acceptors (Lipinski definition) is 3. The van der Waals surface area contributed by atoms with Gasteiger partial charge in [-0.15, -0.1) is 0 Å². The Hall–Kier alpha value is -2.34. The van der Waals surface area contributed by atoms with Crippen molar-refractivity contribution in [3.8, 4) is 0 Å². The zero-order valence-electron chi connectivity index (χ0n) is 14.5. The van der Waals surface area contributed by atoms with Gasteiger partial charge in [0.15, 0.2) is 0 Å². The molecule has 1 saturated heterocycles. The van der Waals surface area contributed by atoms with E-state index >= 15 is 0 Å². The number of hydrogen-bond donors (Lipinski definition) is 2. The summed E-state index contributed by atoms with van der Waals surface area (Å²) in [4.78, 5) is 28.5. The molecule has 1 aromatic carbocycles. The van der Waals surface area contributed by atoms with Crippen LogP contribution in [0.1, 0.15) is 30.4 Å². The van der Waals surface area contributed by atoms with Crippen LogP contribution < -0.4 is 0 Å². The Morgan fingerprint density at radius 1 is 1.40 bits per heavy atom. The fourth-order valence-corrected chi connectivity index (χ4v) is 3.30. The first-order chi connectivity index (χ1) is 12.0. The molecule has 0 aliphatic carbocycles. The van der Waals surface area contributed by atoms with Crippen molar-refractivity contribution >= 4 is 22.8 Å². The Balaban J connectivity index is 1.72. The minimum atomic E-state index is -0.896. The van der Waals surface area contributed by atoms with Gasteiger partial charge in [0.1, 0.15) is 0 Å². The van der Waals surface area contributed by atoms with E-state index in [-0.39, 0.29) is 31.4 Å². The van der Waals surface area contributed by atoms with Crippen molar-refractivity contribution in [1.29, 1.82) is 0 Å². The third kappa shape index (κ3) is 4.39. The van der Waals surface area contributed by atoms with E-state index in [0.717, 1.165) is 34.9 Å². The lowest BCUT2D eigenvalue weighted by molar-refractivity contribution is -0.139. The molecule has 25 heavy (non-hydrogen) atoms. The largest absolute Gasteiger partial charge is 0.481 e. The Morgan fingerprint density at radius 2 is 2.24 bits per heavy atom. The number of aliphatic carboxylic acids is 1. The van der Waals surface area contributed by atoms with Crippen LogP contribution in [0, 0.1) is 6.92 Å². The van der Waals surface area contributed by atoms with Crippen LogP contribution in [0.4, 0.5) is 0 Å². The van der Waals surface area contributed by atoms with Gasteiger partial charge >= 0.3 is 5.97 Å². The van der Waals surface area contributed by atoms with Gasteiger partial charge in [-0.2, -0.15) is 0 Å². The molecule has 6 nitrogen and oxygen atoms in total. The molecule has 1 amide bonds. The number of aromatic amines is 1. The number of carboxylic acid groups (broad SMARTS) is 1. The summed E-state index contributed by atoms with van der Waals surface area (Å²) in [5, 5.41) is 9.99. The highest BCUT2D eigenvalue weighted by Crippen LogP contribution is 2.21. The number of carboxylic acids is 1. The molecule has 2 heterocycles. The standard InChI is InChI=1S/C19H24N2O4/c1-13-4-5-16-14(11-20-17(16)9-13)10-18(22)21(7-6-19(23)24)12-15-3-2-8-25-15/h4-5,9,11,15,20H,2-3,6-8,10,12H2,1H3,(H,23,24). The van der Waals surface area contributed by atoms with E-state index < -0.39 is 5.97 Å². The molecular formula is C19H24N2O4. The Morgan fingerprint density at radius 3 is 2.96 bits per heavy atom. The summed E-state index contributed by atoms with van der Waals surface area (Å²) in [6, 6.07) is 6.10. The Bertz CT molecular complexity index is 762. The number of rotatable bonds is 7. The van der Waals surface area contributed by atoms with Crippen molar-refractivity contribution < 1.29 is 19.4 Å². The number of aromatic nitrogens is 1. The molecule has 1 atom stereocenters. The molecular weight excluding hydrogens is 320 g/mol. The Kier molecular flexibility index (Phi) is 5.38. The maximum Gasteiger partial charge on any atom is 0.305 e. The number of nitrogens with zero attached hydrogens (tertiary/aromatic N) is 1. The van der Waals surface area contributed by atoms with Gasteiger partial charge in [-0.25, -0.2) is 0 Å². The number of aryl methyl sites for hydroxylation is 1. The summed E-state index contributed by atoms with van der Waals surface area (Å²) in [5.41, 5.74) is 3.11. The topological polar surface area (TPSA) is 82.6 Å². The van der Waals surface area contributed by atoms with Gasteiger partial charge in [0, 0.05) is 36.8 Å².